The van der Waals surface area contributed by atoms with Crippen molar-refractivity contribution in [1.29, 1.82) is 0 Å². The van der Waals surface area contributed by atoms with Crippen LogP contribution in [-0.4, -0.2) is 72.2 Å². The van der Waals surface area contributed by atoms with Crippen molar-refractivity contribution in [2.45, 2.75) is 4.90 Å². The molecule has 0 atom stereocenters. The zero-order valence-electron chi connectivity index (χ0n) is 21.1. The van der Waals surface area contributed by atoms with Crippen LogP contribution in [0.25, 0.3) is 0 Å². The van der Waals surface area contributed by atoms with E-state index in [0.717, 1.165) is 0 Å². The highest BCUT2D eigenvalue weighted by molar-refractivity contribution is 7.92. The minimum absolute atomic E-state index is 0.0351. The maximum absolute atomic E-state index is 13.1. The summed E-state index contributed by atoms with van der Waals surface area (Å²) in [4.78, 5) is 27.0. The van der Waals surface area contributed by atoms with Gasteiger partial charge in [-0.3, -0.25) is 13.9 Å². The van der Waals surface area contributed by atoms with Crippen LogP contribution in [0.2, 0.25) is 0 Å². The molecule has 11 heteroatoms. The molecule has 38 heavy (non-hydrogen) atoms. The lowest BCUT2D eigenvalue weighted by Gasteiger charge is -2.26. The molecule has 0 aromatic heterocycles. The molecule has 1 heterocycles. The Hall–Kier alpha value is -4.09. The molecule has 0 bridgehead atoms. The second-order valence-corrected chi connectivity index (χ2v) is 10.4. The van der Waals surface area contributed by atoms with Crippen molar-refractivity contribution >= 4 is 33.2 Å². The van der Waals surface area contributed by atoms with Gasteiger partial charge in [-0.2, -0.15) is 0 Å². The van der Waals surface area contributed by atoms with Gasteiger partial charge in [0.15, 0.2) is 18.1 Å². The highest BCUT2D eigenvalue weighted by Crippen LogP contribution is 2.29. The van der Waals surface area contributed by atoms with Gasteiger partial charge in [0.2, 0.25) is 0 Å². The van der Waals surface area contributed by atoms with Gasteiger partial charge in [-0.15, -0.1) is 0 Å². The molecule has 1 saturated heterocycles. The molecular weight excluding hydrogens is 510 g/mol. The number of amides is 2. The molecule has 2 amide bonds. The van der Waals surface area contributed by atoms with Crippen LogP contribution in [0.3, 0.4) is 0 Å². The summed E-state index contributed by atoms with van der Waals surface area (Å²) in [5.74, 6) is -0.0222. The maximum Gasteiger partial charge on any atom is 0.264 e. The van der Waals surface area contributed by atoms with Crippen LogP contribution in [0, 0.1) is 0 Å². The first-order chi connectivity index (χ1) is 18.3. The van der Waals surface area contributed by atoms with Gasteiger partial charge >= 0.3 is 0 Å². The number of carbonyl (C=O) groups excluding carboxylic acids is 2. The maximum atomic E-state index is 13.1. The van der Waals surface area contributed by atoms with Crippen molar-refractivity contribution in [1.82, 2.24) is 4.90 Å². The minimum Gasteiger partial charge on any atom is -0.493 e. The van der Waals surface area contributed by atoms with Gasteiger partial charge in [0, 0.05) is 31.4 Å². The third-order valence-electron chi connectivity index (χ3n) is 6.01. The number of ether oxygens (including phenoxy) is 3. The summed E-state index contributed by atoms with van der Waals surface area (Å²) in [6.07, 6.45) is 0. The fraction of sp³-hybridized carbons (Fsp3) is 0.259. The monoisotopic (exact) mass is 539 g/mol. The summed E-state index contributed by atoms with van der Waals surface area (Å²) in [6.45, 7) is 1.86. The molecule has 3 aromatic rings. The summed E-state index contributed by atoms with van der Waals surface area (Å²) in [5.41, 5.74) is 1.10. The second-order valence-electron chi connectivity index (χ2n) is 8.44. The molecule has 1 fully saturated rings. The Balaban J connectivity index is 1.44. The summed E-state index contributed by atoms with van der Waals surface area (Å²) in [5, 5.41) is 2.72. The Labute approximate surface area is 221 Å². The van der Waals surface area contributed by atoms with Crippen molar-refractivity contribution in [3.63, 3.8) is 0 Å². The fourth-order valence-corrected chi connectivity index (χ4v) is 5.09. The molecule has 1 aliphatic rings. The molecule has 4 rings (SSSR count). The van der Waals surface area contributed by atoms with Gasteiger partial charge in [-0.05, 0) is 48.5 Å². The van der Waals surface area contributed by atoms with Crippen LogP contribution in [0.4, 0.5) is 11.4 Å². The Morgan fingerprint density at radius 1 is 0.974 bits per heavy atom. The minimum atomic E-state index is -3.85. The van der Waals surface area contributed by atoms with Crippen LogP contribution in [0.1, 0.15) is 10.4 Å². The van der Waals surface area contributed by atoms with Crippen LogP contribution in [0.5, 0.6) is 11.5 Å². The van der Waals surface area contributed by atoms with Crippen LogP contribution >= 0.6 is 0 Å². The quantitative estimate of drug-likeness (QED) is 0.445. The van der Waals surface area contributed by atoms with Gasteiger partial charge < -0.3 is 24.4 Å². The van der Waals surface area contributed by atoms with E-state index in [1.54, 1.807) is 53.4 Å². The van der Waals surface area contributed by atoms with Crippen molar-refractivity contribution in [3.8, 4) is 11.5 Å². The Morgan fingerprint density at radius 2 is 1.71 bits per heavy atom. The molecule has 0 spiro atoms. The first kappa shape index (κ1) is 27.0. The zero-order chi connectivity index (χ0) is 27.1. The molecule has 3 aromatic carbocycles. The van der Waals surface area contributed by atoms with E-state index in [0.29, 0.717) is 43.4 Å². The molecule has 1 aliphatic heterocycles. The van der Waals surface area contributed by atoms with Crippen molar-refractivity contribution in [2.75, 3.05) is 56.7 Å². The summed E-state index contributed by atoms with van der Waals surface area (Å²) in [7, 11) is -0.937. The molecule has 0 aliphatic carbocycles. The Kier molecular flexibility index (Phi) is 8.49. The standard InChI is InChI=1S/C27H29N3O7S/c1-29(22-8-4-3-5-9-22)38(33,34)23-10-6-7-21(18-23)28-27(32)20-11-12-24(25(17-20)35-2)37-19-26(31)30-13-15-36-16-14-30/h3-12,17-18H,13-16,19H2,1-2H3,(H,28,32). The fourth-order valence-electron chi connectivity index (χ4n) is 3.84. The predicted molar refractivity (Wildman–Crippen MR) is 142 cm³/mol. The molecule has 0 saturated carbocycles. The van der Waals surface area contributed by atoms with Gasteiger partial charge in [0.25, 0.3) is 21.8 Å². The number of hydrogen-bond acceptors (Lipinski definition) is 7. The van der Waals surface area contributed by atoms with Gasteiger partial charge in [-0.25, -0.2) is 8.42 Å². The van der Waals surface area contributed by atoms with Gasteiger partial charge in [0.1, 0.15) is 0 Å². The number of nitrogens with zero attached hydrogens (tertiary/aromatic N) is 2. The highest BCUT2D eigenvalue weighted by atomic mass is 32.2. The molecule has 200 valence electrons. The van der Waals surface area contributed by atoms with E-state index in [1.807, 2.05) is 0 Å². The summed E-state index contributed by atoms with van der Waals surface area (Å²) < 4.78 is 43.7. The van der Waals surface area contributed by atoms with E-state index in [4.69, 9.17) is 14.2 Å². The number of nitrogens with one attached hydrogen (secondary N) is 1. The van der Waals surface area contributed by atoms with Crippen molar-refractivity contribution in [3.05, 3.63) is 78.4 Å². The van der Waals surface area contributed by atoms with Crippen LogP contribution < -0.4 is 19.1 Å². The number of methoxy groups -OCH3 is 1. The SMILES string of the molecule is COc1cc(C(=O)Nc2cccc(S(=O)(=O)N(C)c3ccccc3)c2)ccc1OCC(=O)N1CCOCC1. The summed E-state index contributed by atoms with van der Waals surface area (Å²) >= 11 is 0. The van der Waals surface area contributed by atoms with E-state index < -0.39 is 15.9 Å². The van der Waals surface area contributed by atoms with Gasteiger partial charge in [-0.1, -0.05) is 24.3 Å². The number of hydrogen-bond donors (Lipinski definition) is 1. The number of para-hydroxylation sites is 1. The van der Waals surface area contributed by atoms with E-state index in [-0.39, 0.29) is 28.7 Å². The zero-order valence-corrected chi connectivity index (χ0v) is 21.9. The van der Waals surface area contributed by atoms with Crippen molar-refractivity contribution < 1.29 is 32.2 Å². The third-order valence-corrected chi connectivity index (χ3v) is 7.79. The highest BCUT2D eigenvalue weighted by Gasteiger charge is 2.22. The molecule has 0 unspecified atom stereocenters. The number of benzene rings is 3. The van der Waals surface area contributed by atoms with E-state index in [1.165, 1.54) is 42.7 Å². The number of anilines is 2. The lowest BCUT2D eigenvalue weighted by molar-refractivity contribution is -0.137. The largest absolute Gasteiger partial charge is 0.493 e. The van der Waals surface area contributed by atoms with Crippen LogP contribution in [-0.2, 0) is 19.6 Å². The predicted octanol–water partition coefficient (Wildman–Crippen LogP) is 3.01. The second kappa shape index (κ2) is 12.0. The topological polar surface area (TPSA) is 114 Å². The molecular formula is C27H29N3O7S. The normalized spacial score (nSPS) is 13.5. The number of morpholine rings is 1. The Morgan fingerprint density at radius 3 is 2.42 bits per heavy atom. The smallest absolute Gasteiger partial charge is 0.264 e. The van der Waals surface area contributed by atoms with Crippen LogP contribution in [0.15, 0.2) is 77.7 Å². The molecule has 1 N–H and O–H groups in total. The first-order valence-electron chi connectivity index (χ1n) is 11.9. The van der Waals surface area contributed by atoms with E-state index >= 15 is 0 Å². The summed E-state index contributed by atoms with van der Waals surface area (Å²) in [6, 6.07) is 19.3. The average molecular weight is 540 g/mol. The molecule has 0 radical (unpaired) electrons. The number of carbonyl (C=O) groups is 2. The number of sulfonamides is 1. The molecule has 10 nitrogen and oxygen atoms in total. The van der Waals surface area contributed by atoms with Crippen molar-refractivity contribution in [2.24, 2.45) is 0 Å². The van der Waals surface area contributed by atoms with Gasteiger partial charge in [0.05, 0.1) is 30.9 Å². The van der Waals surface area contributed by atoms with E-state index in [9.17, 15) is 18.0 Å². The van der Waals surface area contributed by atoms with E-state index in [2.05, 4.69) is 5.32 Å². The average Bonchev–Trinajstić information content (AvgIpc) is 2.96. The number of rotatable bonds is 9. The lowest BCUT2D eigenvalue weighted by atomic mass is 10.2. The Bertz CT molecular complexity index is 1390. The third kappa shape index (κ3) is 6.24. The lowest BCUT2D eigenvalue weighted by Crippen LogP contribution is -2.43. The first-order valence-corrected chi connectivity index (χ1v) is 13.4.